The molecule has 6 nitrogen and oxygen atoms in total. The molecule has 0 aliphatic rings. The number of hydrogen-bond acceptors (Lipinski definition) is 4. The maximum atomic E-state index is 11.4. The van der Waals surface area contributed by atoms with Gasteiger partial charge in [-0.05, 0) is 37.0 Å². The van der Waals surface area contributed by atoms with Crippen molar-refractivity contribution in [2.45, 2.75) is 25.7 Å². The van der Waals surface area contributed by atoms with Gasteiger partial charge >= 0.3 is 6.09 Å². The first kappa shape index (κ1) is 15.8. The van der Waals surface area contributed by atoms with E-state index in [0.717, 1.165) is 25.0 Å². The minimum atomic E-state index is -0.685. The van der Waals surface area contributed by atoms with E-state index in [1.165, 1.54) is 12.7 Å². The summed E-state index contributed by atoms with van der Waals surface area (Å²) in [4.78, 5) is 22.1. The van der Waals surface area contributed by atoms with Crippen LogP contribution in [0, 0.1) is 0 Å². The molecule has 0 spiro atoms. The van der Waals surface area contributed by atoms with Crippen LogP contribution in [0.4, 0.5) is 4.79 Å². The number of hydrazine groups is 1. The number of carbonyl (C=O) groups is 2. The lowest BCUT2D eigenvalue weighted by atomic mass is 10.1. The number of rotatable bonds is 6. The highest BCUT2D eigenvalue weighted by Crippen LogP contribution is 2.14. The lowest BCUT2D eigenvalue weighted by Gasteiger charge is -2.06. The Kier molecular flexibility index (Phi) is 6.95. The van der Waals surface area contributed by atoms with Gasteiger partial charge < -0.3 is 9.47 Å². The summed E-state index contributed by atoms with van der Waals surface area (Å²) in [7, 11) is 2.87. The number of amides is 2. The monoisotopic (exact) mass is 280 g/mol. The second kappa shape index (κ2) is 8.79. The molecular formula is C14H20N2O4. The van der Waals surface area contributed by atoms with Crippen LogP contribution in [0.25, 0.3) is 0 Å². The van der Waals surface area contributed by atoms with E-state index in [4.69, 9.17) is 4.74 Å². The van der Waals surface area contributed by atoms with Crippen molar-refractivity contribution in [2.75, 3.05) is 14.2 Å². The van der Waals surface area contributed by atoms with Gasteiger partial charge in [0.2, 0.25) is 5.91 Å². The summed E-state index contributed by atoms with van der Waals surface area (Å²) >= 11 is 0. The molecule has 0 aliphatic heterocycles. The summed E-state index contributed by atoms with van der Waals surface area (Å²) in [5, 5.41) is 0. The largest absolute Gasteiger partial charge is 0.497 e. The van der Waals surface area contributed by atoms with Crippen LogP contribution in [0.3, 0.4) is 0 Å². The number of aryl methyl sites for hydroxylation is 1. The lowest BCUT2D eigenvalue weighted by molar-refractivity contribution is -0.122. The number of benzene rings is 1. The predicted molar refractivity (Wildman–Crippen MR) is 74.2 cm³/mol. The van der Waals surface area contributed by atoms with E-state index in [2.05, 4.69) is 15.6 Å². The lowest BCUT2D eigenvalue weighted by Crippen LogP contribution is -2.41. The number of unbranched alkanes of at least 4 members (excludes halogenated alkanes) is 1. The minimum absolute atomic E-state index is 0.235. The van der Waals surface area contributed by atoms with Gasteiger partial charge in [0.1, 0.15) is 5.75 Å². The molecule has 0 heterocycles. The molecule has 0 fully saturated rings. The van der Waals surface area contributed by atoms with Gasteiger partial charge in [-0.25, -0.2) is 10.2 Å². The first-order chi connectivity index (χ1) is 9.65. The first-order valence-electron chi connectivity index (χ1n) is 6.41. The Morgan fingerprint density at radius 1 is 1.15 bits per heavy atom. The molecule has 0 aliphatic carbocycles. The third-order valence-electron chi connectivity index (χ3n) is 2.74. The van der Waals surface area contributed by atoms with Crippen molar-refractivity contribution in [3.63, 3.8) is 0 Å². The predicted octanol–water partition coefficient (Wildman–Crippen LogP) is 1.80. The Morgan fingerprint density at radius 3 is 2.65 bits per heavy atom. The average molecular weight is 280 g/mol. The standard InChI is InChI=1S/C14H20N2O4/c1-19-12-8-5-7-11(10-12)6-3-4-9-13(17)15-16-14(18)20-2/h5,7-8,10H,3-4,6,9H2,1-2H3,(H,15,17)(H,16,18). The molecule has 0 unspecified atom stereocenters. The van der Waals surface area contributed by atoms with E-state index >= 15 is 0 Å². The van der Waals surface area contributed by atoms with Gasteiger partial charge in [-0.15, -0.1) is 0 Å². The van der Waals surface area contributed by atoms with Crippen LogP contribution in [0.5, 0.6) is 5.75 Å². The smallest absolute Gasteiger partial charge is 0.425 e. The molecule has 6 heteroatoms. The molecule has 2 N–H and O–H groups in total. The molecular weight excluding hydrogens is 260 g/mol. The van der Waals surface area contributed by atoms with Crippen LogP contribution in [-0.4, -0.2) is 26.2 Å². The fourth-order valence-corrected chi connectivity index (χ4v) is 1.68. The van der Waals surface area contributed by atoms with E-state index < -0.39 is 6.09 Å². The molecule has 110 valence electrons. The van der Waals surface area contributed by atoms with Gasteiger partial charge in [0.05, 0.1) is 14.2 Å². The van der Waals surface area contributed by atoms with Gasteiger partial charge in [-0.1, -0.05) is 12.1 Å². The van der Waals surface area contributed by atoms with Crippen molar-refractivity contribution in [3.05, 3.63) is 29.8 Å². The minimum Gasteiger partial charge on any atom is -0.497 e. The molecule has 2 amide bonds. The Morgan fingerprint density at radius 2 is 1.95 bits per heavy atom. The molecule has 0 atom stereocenters. The zero-order valence-corrected chi connectivity index (χ0v) is 11.8. The SMILES string of the molecule is COC(=O)NNC(=O)CCCCc1cccc(OC)c1. The van der Waals surface area contributed by atoms with Gasteiger partial charge in [0, 0.05) is 6.42 Å². The van der Waals surface area contributed by atoms with Crippen molar-refractivity contribution in [3.8, 4) is 5.75 Å². The van der Waals surface area contributed by atoms with Crippen molar-refractivity contribution in [2.24, 2.45) is 0 Å². The van der Waals surface area contributed by atoms with Gasteiger partial charge in [0.15, 0.2) is 0 Å². The summed E-state index contributed by atoms with van der Waals surface area (Å²) in [5.41, 5.74) is 5.57. The number of carbonyl (C=O) groups excluding carboxylic acids is 2. The van der Waals surface area contributed by atoms with Crippen molar-refractivity contribution in [1.29, 1.82) is 0 Å². The molecule has 0 aromatic heterocycles. The summed E-state index contributed by atoms with van der Waals surface area (Å²) in [5.74, 6) is 0.601. The van der Waals surface area contributed by atoms with Crippen LogP contribution < -0.4 is 15.6 Å². The highest BCUT2D eigenvalue weighted by molar-refractivity contribution is 5.78. The number of methoxy groups -OCH3 is 2. The van der Waals surface area contributed by atoms with Crippen LogP contribution in [-0.2, 0) is 16.0 Å². The zero-order valence-electron chi connectivity index (χ0n) is 11.8. The second-order valence-corrected chi connectivity index (χ2v) is 4.22. The zero-order chi connectivity index (χ0) is 14.8. The number of ether oxygens (including phenoxy) is 2. The van der Waals surface area contributed by atoms with Crippen molar-refractivity contribution < 1.29 is 19.1 Å². The van der Waals surface area contributed by atoms with Crippen LogP contribution in [0.1, 0.15) is 24.8 Å². The fourth-order valence-electron chi connectivity index (χ4n) is 1.68. The number of hydrogen-bond donors (Lipinski definition) is 2. The third-order valence-corrected chi connectivity index (χ3v) is 2.74. The summed E-state index contributed by atoms with van der Waals surface area (Å²) in [6, 6.07) is 7.86. The summed E-state index contributed by atoms with van der Waals surface area (Å²) in [6.45, 7) is 0. The van der Waals surface area contributed by atoms with Crippen LogP contribution in [0.15, 0.2) is 24.3 Å². The Labute approximate surface area is 118 Å². The maximum absolute atomic E-state index is 11.4. The Bertz CT molecular complexity index is 449. The highest BCUT2D eigenvalue weighted by Gasteiger charge is 2.04. The molecule has 20 heavy (non-hydrogen) atoms. The maximum Gasteiger partial charge on any atom is 0.425 e. The van der Waals surface area contributed by atoms with E-state index in [-0.39, 0.29) is 5.91 Å². The number of nitrogens with one attached hydrogen (secondary N) is 2. The molecule has 1 aromatic rings. The van der Waals surface area contributed by atoms with Crippen LogP contribution >= 0.6 is 0 Å². The van der Waals surface area contributed by atoms with Crippen molar-refractivity contribution in [1.82, 2.24) is 10.9 Å². The van der Waals surface area contributed by atoms with Crippen LogP contribution in [0.2, 0.25) is 0 Å². The Balaban J connectivity index is 2.17. The summed E-state index contributed by atoms with van der Waals surface area (Å²) in [6.07, 6.45) is 2.18. The summed E-state index contributed by atoms with van der Waals surface area (Å²) < 4.78 is 9.48. The fraction of sp³-hybridized carbons (Fsp3) is 0.429. The van der Waals surface area contributed by atoms with Crippen molar-refractivity contribution >= 4 is 12.0 Å². The molecule has 1 rings (SSSR count). The Hall–Kier alpha value is -2.24. The molecule has 0 saturated carbocycles. The van der Waals surface area contributed by atoms with E-state index in [9.17, 15) is 9.59 Å². The molecule has 0 saturated heterocycles. The molecule has 1 aromatic carbocycles. The van der Waals surface area contributed by atoms with Gasteiger partial charge in [-0.3, -0.25) is 10.2 Å². The topological polar surface area (TPSA) is 76.7 Å². The van der Waals surface area contributed by atoms with Gasteiger partial charge in [-0.2, -0.15) is 0 Å². The quantitative estimate of drug-likeness (QED) is 0.615. The normalized spacial score (nSPS) is 9.70. The average Bonchev–Trinajstić information content (AvgIpc) is 2.49. The highest BCUT2D eigenvalue weighted by atomic mass is 16.5. The second-order valence-electron chi connectivity index (χ2n) is 4.22. The third kappa shape index (κ3) is 6.08. The molecule has 0 radical (unpaired) electrons. The first-order valence-corrected chi connectivity index (χ1v) is 6.41. The van der Waals surface area contributed by atoms with E-state index in [1.54, 1.807) is 7.11 Å². The molecule has 0 bridgehead atoms. The van der Waals surface area contributed by atoms with E-state index in [0.29, 0.717) is 6.42 Å². The van der Waals surface area contributed by atoms with E-state index in [1.807, 2.05) is 24.3 Å². The van der Waals surface area contributed by atoms with Gasteiger partial charge in [0.25, 0.3) is 0 Å².